The van der Waals surface area contributed by atoms with Gasteiger partial charge in [0.1, 0.15) is 12.2 Å². The number of hydrogen-bond acceptors (Lipinski definition) is 3. The maximum atomic E-state index is 13.0. The van der Waals surface area contributed by atoms with Crippen molar-refractivity contribution < 1.29 is 36.6 Å². The molecule has 0 fully saturated rings. The predicted octanol–water partition coefficient (Wildman–Crippen LogP) is 2.29. The van der Waals surface area contributed by atoms with Gasteiger partial charge >= 0.3 is 12.3 Å². The molecule has 4 nitrogen and oxygen atoms in total. The maximum absolute atomic E-state index is 13.0. The van der Waals surface area contributed by atoms with Gasteiger partial charge in [0.2, 0.25) is 11.8 Å². The second-order valence-electron chi connectivity index (χ2n) is 2.77. The lowest BCUT2D eigenvalue weighted by molar-refractivity contribution is -0.276. The molecule has 0 aliphatic heterocycles. The molecule has 1 rings (SSSR count). The molecule has 1 N–H and O–H groups in total. The lowest BCUT2D eigenvalue weighted by atomic mass is 10.1. The molecule has 17 heavy (non-hydrogen) atoms. The van der Waals surface area contributed by atoms with Crippen LogP contribution in [0.2, 0.25) is 0 Å². The minimum absolute atomic E-state index is 0.375. The molecule has 0 spiro atoms. The number of pyridine rings is 1. The third-order valence-corrected chi connectivity index (χ3v) is 1.61. The fraction of sp³-hybridized carbons (Fsp3) is 0.250. The van der Waals surface area contributed by atoms with Crippen molar-refractivity contribution in [2.75, 3.05) is 0 Å². The van der Waals surface area contributed by atoms with Crippen LogP contribution in [0.4, 0.5) is 22.0 Å². The molecular formula is C8H4F5NO3. The lowest BCUT2D eigenvalue weighted by Crippen LogP contribution is -2.19. The van der Waals surface area contributed by atoms with Gasteiger partial charge in [0.15, 0.2) is 0 Å². The van der Waals surface area contributed by atoms with Crippen molar-refractivity contribution in [3.05, 3.63) is 23.1 Å². The molecule has 0 aliphatic carbocycles. The summed E-state index contributed by atoms with van der Waals surface area (Å²) in [6.07, 6.45) is -5.13. The number of halogens is 5. The summed E-state index contributed by atoms with van der Waals surface area (Å²) in [5, 5.41) is 8.49. The Kier molecular flexibility index (Phi) is 3.49. The summed E-state index contributed by atoms with van der Waals surface area (Å²) in [7, 11) is 0. The second-order valence-corrected chi connectivity index (χ2v) is 2.77. The van der Waals surface area contributed by atoms with Crippen LogP contribution in [0.1, 0.15) is 15.9 Å². The molecule has 0 saturated heterocycles. The van der Waals surface area contributed by atoms with Gasteiger partial charge in [-0.3, -0.25) is 0 Å². The molecule has 0 aromatic carbocycles. The average Bonchev–Trinajstić information content (AvgIpc) is 2.12. The number of aromatic carboxylic acids is 1. The number of alkyl halides is 4. The summed E-state index contributed by atoms with van der Waals surface area (Å²) < 4.78 is 63.9. The first-order valence-corrected chi connectivity index (χ1v) is 3.99. The number of nitrogens with zero attached hydrogens (tertiary/aromatic N) is 1. The molecule has 94 valence electrons. The minimum atomic E-state index is -5.13. The molecule has 1 heterocycles. The van der Waals surface area contributed by atoms with Gasteiger partial charge < -0.3 is 9.84 Å². The second kappa shape index (κ2) is 4.52. The molecule has 1 aromatic rings. The van der Waals surface area contributed by atoms with Crippen LogP contribution in [0.5, 0.6) is 5.88 Å². The van der Waals surface area contributed by atoms with Crippen molar-refractivity contribution in [1.29, 1.82) is 0 Å². The Morgan fingerprint density at radius 3 is 2.47 bits per heavy atom. The quantitative estimate of drug-likeness (QED) is 0.666. The molecule has 0 aliphatic rings. The molecule has 0 atom stereocenters. The first-order valence-electron chi connectivity index (χ1n) is 3.99. The predicted molar refractivity (Wildman–Crippen MR) is 42.6 cm³/mol. The summed E-state index contributed by atoms with van der Waals surface area (Å²) in [5.41, 5.74) is -1.91. The molecule has 0 saturated carbocycles. The van der Waals surface area contributed by atoms with E-state index in [0.717, 1.165) is 0 Å². The van der Waals surface area contributed by atoms with E-state index in [2.05, 4.69) is 9.72 Å². The van der Waals surface area contributed by atoms with Crippen LogP contribution in [0.15, 0.2) is 6.07 Å². The Bertz CT molecular complexity index is 446. The molecule has 9 heteroatoms. The van der Waals surface area contributed by atoms with Crippen molar-refractivity contribution in [1.82, 2.24) is 4.98 Å². The molecule has 0 unspecified atom stereocenters. The number of ether oxygens (including phenoxy) is 1. The van der Waals surface area contributed by atoms with E-state index in [4.69, 9.17) is 5.11 Å². The van der Waals surface area contributed by atoms with Crippen molar-refractivity contribution in [3.63, 3.8) is 0 Å². The van der Waals surface area contributed by atoms with Crippen LogP contribution < -0.4 is 4.74 Å². The summed E-state index contributed by atoms with van der Waals surface area (Å²) in [6, 6.07) is 0.375. The molecule has 0 radical (unpaired) electrons. The number of carboxylic acids is 1. The van der Waals surface area contributed by atoms with Gasteiger partial charge in [0, 0.05) is 11.6 Å². The lowest BCUT2D eigenvalue weighted by Gasteiger charge is -2.10. The molecular weight excluding hydrogens is 253 g/mol. The normalized spacial score (nSPS) is 11.4. The molecule has 0 bridgehead atoms. The monoisotopic (exact) mass is 257 g/mol. The Hall–Kier alpha value is -1.93. The van der Waals surface area contributed by atoms with Gasteiger partial charge in [-0.2, -0.15) is 9.37 Å². The molecule has 0 amide bonds. The van der Waals surface area contributed by atoms with E-state index < -0.39 is 42.0 Å². The highest BCUT2D eigenvalue weighted by atomic mass is 19.4. The highest BCUT2D eigenvalue weighted by molar-refractivity contribution is 5.89. The Morgan fingerprint density at radius 1 is 1.47 bits per heavy atom. The largest absolute Gasteiger partial charge is 0.574 e. The van der Waals surface area contributed by atoms with Crippen molar-refractivity contribution in [3.8, 4) is 5.88 Å². The fourth-order valence-corrected chi connectivity index (χ4v) is 1.04. The highest BCUT2D eigenvalue weighted by Gasteiger charge is 2.33. The van der Waals surface area contributed by atoms with Gasteiger partial charge in [-0.05, 0) is 0 Å². The summed E-state index contributed by atoms with van der Waals surface area (Å²) in [6.45, 7) is -1.46. The summed E-state index contributed by atoms with van der Waals surface area (Å²) in [5.74, 6) is -4.83. The van der Waals surface area contributed by atoms with Crippen LogP contribution in [0.3, 0.4) is 0 Å². The van der Waals surface area contributed by atoms with E-state index >= 15 is 0 Å². The van der Waals surface area contributed by atoms with Crippen molar-refractivity contribution in [2.24, 2.45) is 0 Å². The van der Waals surface area contributed by atoms with Crippen molar-refractivity contribution >= 4 is 5.97 Å². The number of rotatable bonds is 3. The van der Waals surface area contributed by atoms with E-state index in [1.54, 1.807) is 0 Å². The van der Waals surface area contributed by atoms with E-state index in [1.807, 2.05) is 0 Å². The zero-order chi connectivity index (χ0) is 13.2. The fourth-order valence-electron chi connectivity index (χ4n) is 1.04. The minimum Gasteiger partial charge on any atom is -0.478 e. The Balaban J connectivity index is 3.23. The van der Waals surface area contributed by atoms with Gasteiger partial charge in [-0.25, -0.2) is 9.18 Å². The van der Waals surface area contributed by atoms with E-state index in [1.165, 1.54) is 0 Å². The zero-order valence-corrected chi connectivity index (χ0v) is 7.89. The third kappa shape index (κ3) is 3.26. The van der Waals surface area contributed by atoms with Crippen LogP contribution in [0, 0.1) is 5.95 Å². The van der Waals surface area contributed by atoms with Crippen molar-refractivity contribution in [2.45, 2.75) is 13.0 Å². The zero-order valence-electron chi connectivity index (χ0n) is 7.89. The first kappa shape index (κ1) is 13.1. The van der Waals surface area contributed by atoms with Crippen LogP contribution in [-0.2, 0) is 6.67 Å². The van der Waals surface area contributed by atoms with Gasteiger partial charge in [-0.15, -0.1) is 13.2 Å². The van der Waals surface area contributed by atoms with Gasteiger partial charge in [-0.1, -0.05) is 0 Å². The number of hydrogen-bond donors (Lipinski definition) is 1. The first-order chi connectivity index (χ1) is 7.74. The maximum Gasteiger partial charge on any atom is 0.574 e. The van der Waals surface area contributed by atoms with Crippen LogP contribution in [-0.4, -0.2) is 22.4 Å². The SMILES string of the molecule is O=C(O)c1c(CF)cc(OC(F)(F)F)nc1F. The number of aromatic nitrogens is 1. The third-order valence-electron chi connectivity index (χ3n) is 1.61. The van der Waals surface area contributed by atoms with Gasteiger partial charge in [0.25, 0.3) is 0 Å². The van der Waals surface area contributed by atoms with Crippen LogP contribution in [0.25, 0.3) is 0 Å². The van der Waals surface area contributed by atoms with Crippen LogP contribution >= 0.6 is 0 Å². The Morgan fingerprint density at radius 2 is 2.06 bits per heavy atom. The summed E-state index contributed by atoms with van der Waals surface area (Å²) in [4.78, 5) is 13.1. The average molecular weight is 257 g/mol. The smallest absolute Gasteiger partial charge is 0.478 e. The van der Waals surface area contributed by atoms with E-state index in [0.29, 0.717) is 6.07 Å². The topological polar surface area (TPSA) is 59.4 Å². The molecule has 1 aromatic heterocycles. The van der Waals surface area contributed by atoms with Gasteiger partial charge in [0.05, 0.1) is 0 Å². The van der Waals surface area contributed by atoms with E-state index in [9.17, 15) is 26.7 Å². The van der Waals surface area contributed by atoms with E-state index in [-0.39, 0.29) is 0 Å². The number of carboxylic acid groups (broad SMARTS) is 1. The standard InChI is InChI=1S/C8H4F5NO3/c9-2-3-1-4(17-8(11,12)13)14-6(10)5(3)7(15)16/h1H,2H2,(H,15,16). The Labute approximate surface area is 90.6 Å². The summed E-state index contributed by atoms with van der Waals surface area (Å²) >= 11 is 0. The highest BCUT2D eigenvalue weighted by Crippen LogP contribution is 2.24. The number of carbonyl (C=O) groups is 1.